The second kappa shape index (κ2) is 7.47. The molecule has 1 aliphatic rings. The van der Waals surface area contributed by atoms with E-state index >= 15 is 0 Å². The molecule has 0 saturated carbocycles. The van der Waals surface area contributed by atoms with Gasteiger partial charge in [0.25, 0.3) is 0 Å². The molecule has 4 rings (SSSR count). The Hall–Kier alpha value is -1.78. The van der Waals surface area contributed by atoms with Crippen LogP contribution in [0.4, 0.5) is 0 Å². The van der Waals surface area contributed by atoms with E-state index in [1.165, 1.54) is 41.9 Å². The summed E-state index contributed by atoms with van der Waals surface area (Å²) < 4.78 is 2.17. The third-order valence-electron chi connectivity index (χ3n) is 3.61. The van der Waals surface area contributed by atoms with Crippen molar-refractivity contribution >= 4 is 23.0 Å². The molecule has 1 aliphatic heterocycles. The molecule has 22 heavy (non-hydrogen) atoms. The van der Waals surface area contributed by atoms with E-state index in [2.05, 4.69) is 57.7 Å². The third kappa shape index (κ3) is 3.70. The fraction of sp³-hybridized carbons (Fsp3) is 0.278. The molecule has 0 amide bonds. The summed E-state index contributed by atoms with van der Waals surface area (Å²) in [4.78, 5) is 5.64. The summed E-state index contributed by atoms with van der Waals surface area (Å²) in [6, 6.07) is 14.4. The summed E-state index contributed by atoms with van der Waals surface area (Å²) in [7, 11) is 0. The Bertz CT molecular complexity index is 710. The highest BCUT2D eigenvalue weighted by Crippen LogP contribution is 2.27. The number of pyridine rings is 1. The summed E-state index contributed by atoms with van der Waals surface area (Å²) in [6.07, 6.45) is 6.75. The summed E-state index contributed by atoms with van der Waals surface area (Å²) in [6.45, 7) is 4.59. The Morgan fingerprint density at radius 2 is 1.82 bits per heavy atom. The number of rotatable bonds is 2. The molecule has 0 aliphatic carbocycles. The van der Waals surface area contributed by atoms with Crippen LogP contribution < -0.4 is 5.32 Å². The van der Waals surface area contributed by atoms with Gasteiger partial charge in [0.2, 0.25) is 0 Å². The smallest absolute Gasteiger partial charge is 0.0919 e. The maximum absolute atomic E-state index is 4.41. The average Bonchev–Trinajstić information content (AvgIpc) is 3.22. The van der Waals surface area contributed by atoms with E-state index in [0.717, 1.165) is 5.52 Å². The minimum atomic E-state index is 1.08. The van der Waals surface area contributed by atoms with Gasteiger partial charge in [0.05, 0.1) is 11.0 Å². The molecule has 1 fully saturated rings. The minimum Gasteiger partial charge on any atom is -0.317 e. The number of aromatic nitrogens is 2. The van der Waals surface area contributed by atoms with Crippen molar-refractivity contribution < 1.29 is 0 Å². The van der Waals surface area contributed by atoms with Gasteiger partial charge in [-0.25, -0.2) is 0 Å². The van der Waals surface area contributed by atoms with Crippen LogP contribution in [0.5, 0.6) is 0 Å². The van der Waals surface area contributed by atoms with E-state index in [4.69, 9.17) is 0 Å². The first-order chi connectivity index (χ1) is 10.8. The number of fused-ring (bicyclic) bond motifs is 1. The molecule has 0 radical (unpaired) electrons. The largest absolute Gasteiger partial charge is 0.317 e. The van der Waals surface area contributed by atoms with E-state index in [9.17, 15) is 0 Å². The number of benzene rings is 1. The fourth-order valence-corrected chi connectivity index (χ4v) is 3.44. The maximum atomic E-state index is 4.41. The molecule has 114 valence electrons. The van der Waals surface area contributed by atoms with E-state index in [1.807, 2.05) is 18.3 Å². The van der Waals surface area contributed by atoms with Gasteiger partial charge in [-0.15, -0.1) is 0 Å². The van der Waals surface area contributed by atoms with E-state index in [1.54, 1.807) is 11.9 Å². The van der Waals surface area contributed by atoms with Gasteiger partial charge < -0.3 is 5.32 Å². The van der Waals surface area contributed by atoms with Crippen LogP contribution in [0.25, 0.3) is 11.0 Å². The van der Waals surface area contributed by atoms with Crippen LogP contribution in [-0.2, 0) is 0 Å². The molecular weight excluding hydrogens is 290 g/mol. The summed E-state index contributed by atoms with van der Waals surface area (Å²) in [5, 5.41) is 3.22. The quantitative estimate of drug-likeness (QED) is 0.766. The highest BCUT2D eigenvalue weighted by atomic mass is 32.2. The lowest BCUT2D eigenvalue weighted by Gasteiger charge is -2.03. The van der Waals surface area contributed by atoms with Crippen molar-refractivity contribution in [1.82, 2.24) is 14.3 Å². The summed E-state index contributed by atoms with van der Waals surface area (Å²) in [5.74, 6) is 0. The predicted octanol–water partition coefficient (Wildman–Crippen LogP) is 4.27. The topological polar surface area (TPSA) is 29.9 Å². The molecule has 0 unspecified atom stereocenters. The Morgan fingerprint density at radius 3 is 2.50 bits per heavy atom. The average molecular weight is 311 g/mol. The molecule has 0 bridgehead atoms. The predicted molar refractivity (Wildman–Crippen MR) is 94.3 cm³/mol. The SMILES string of the molecule is C1CCNC1.Cc1cn(Sc2ccccc2)c2cccnc12. The monoisotopic (exact) mass is 311 g/mol. The van der Waals surface area contributed by atoms with Crippen LogP contribution in [-0.4, -0.2) is 22.0 Å². The number of nitrogens with one attached hydrogen (secondary N) is 1. The van der Waals surface area contributed by atoms with Crippen molar-refractivity contribution in [3.8, 4) is 0 Å². The van der Waals surface area contributed by atoms with E-state index < -0.39 is 0 Å². The van der Waals surface area contributed by atoms with Crippen molar-refractivity contribution in [2.45, 2.75) is 24.7 Å². The number of nitrogens with zero attached hydrogens (tertiary/aromatic N) is 2. The lowest BCUT2D eigenvalue weighted by Crippen LogP contribution is -2.03. The van der Waals surface area contributed by atoms with Crippen LogP contribution in [0.15, 0.2) is 59.8 Å². The highest BCUT2D eigenvalue weighted by Gasteiger charge is 2.06. The zero-order chi connectivity index (χ0) is 15.2. The molecular formula is C18H21N3S. The number of aryl methyl sites for hydroxylation is 1. The fourth-order valence-electron chi connectivity index (χ4n) is 2.48. The summed E-state index contributed by atoms with van der Waals surface area (Å²) in [5.41, 5.74) is 3.46. The minimum absolute atomic E-state index is 1.08. The standard InChI is InChI=1S/C14H12N2S.C4H9N/c1-11-10-16(13-8-5-9-15-14(11)13)17-12-6-3-2-4-7-12;1-2-4-5-3-1/h2-10H,1H3;5H,1-4H2. The Labute approximate surface area is 135 Å². The molecule has 0 atom stereocenters. The molecule has 1 N–H and O–H groups in total. The van der Waals surface area contributed by atoms with Gasteiger partial charge in [0.1, 0.15) is 0 Å². The van der Waals surface area contributed by atoms with Gasteiger partial charge in [-0.1, -0.05) is 18.2 Å². The van der Waals surface area contributed by atoms with Crippen LogP contribution >= 0.6 is 11.9 Å². The zero-order valence-corrected chi connectivity index (χ0v) is 13.6. The first-order valence-corrected chi connectivity index (χ1v) is 8.49. The number of hydrogen-bond donors (Lipinski definition) is 1. The van der Waals surface area contributed by atoms with Crippen molar-refractivity contribution in [2.24, 2.45) is 0 Å². The Kier molecular flexibility index (Phi) is 5.14. The first-order valence-electron chi connectivity index (χ1n) is 7.71. The lowest BCUT2D eigenvalue weighted by molar-refractivity contribution is 0.857. The zero-order valence-electron chi connectivity index (χ0n) is 12.8. The maximum Gasteiger partial charge on any atom is 0.0919 e. The van der Waals surface area contributed by atoms with Gasteiger partial charge in [0.15, 0.2) is 0 Å². The molecule has 3 nitrogen and oxygen atoms in total. The van der Waals surface area contributed by atoms with Crippen LogP contribution in [0.2, 0.25) is 0 Å². The third-order valence-corrected chi connectivity index (χ3v) is 4.59. The normalized spacial score (nSPS) is 13.9. The molecule has 2 aromatic heterocycles. The number of hydrogen-bond acceptors (Lipinski definition) is 3. The second-order valence-electron chi connectivity index (χ2n) is 5.37. The van der Waals surface area contributed by atoms with Gasteiger partial charge in [-0.3, -0.25) is 8.96 Å². The molecule has 1 aromatic carbocycles. The van der Waals surface area contributed by atoms with Crippen molar-refractivity contribution in [2.75, 3.05) is 13.1 Å². The molecule has 0 spiro atoms. The Balaban J connectivity index is 0.000000246. The van der Waals surface area contributed by atoms with E-state index in [-0.39, 0.29) is 0 Å². The van der Waals surface area contributed by atoms with Crippen molar-refractivity contribution in [1.29, 1.82) is 0 Å². The molecule has 4 heteroatoms. The van der Waals surface area contributed by atoms with Crippen LogP contribution in [0.1, 0.15) is 18.4 Å². The van der Waals surface area contributed by atoms with Gasteiger partial charge in [-0.05, 0) is 74.6 Å². The highest BCUT2D eigenvalue weighted by molar-refractivity contribution is 7.98. The first kappa shape index (κ1) is 15.1. The lowest BCUT2D eigenvalue weighted by atomic mass is 10.3. The second-order valence-corrected chi connectivity index (χ2v) is 6.42. The molecule has 3 heterocycles. The van der Waals surface area contributed by atoms with Crippen LogP contribution in [0.3, 0.4) is 0 Å². The van der Waals surface area contributed by atoms with E-state index in [0.29, 0.717) is 0 Å². The Morgan fingerprint density at radius 1 is 1.05 bits per heavy atom. The molecule has 3 aromatic rings. The van der Waals surface area contributed by atoms with Gasteiger partial charge >= 0.3 is 0 Å². The van der Waals surface area contributed by atoms with Crippen molar-refractivity contribution in [3.63, 3.8) is 0 Å². The van der Waals surface area contributed by atoms with Crippen molar-refractivity contribution in [3.05, 3.63) is 60.4 Å². The van der Waals surface area contributed by atoms with Gasteiger partial charge in [0, 0.05) is 17.3 Å². The van der Waals surface area contributed by atoms with Crippen LogP contribution in [0, 0.1) is 6.92 Å². The molecule has 1 saturated heterocycles. The van der Waals surface area contributed by atoms with Gasteiger partial charge in [-0.2, -0.15) is 0 Å². The summed E-state index contributed by atoms with van der Waals surface area (Å²) >= 11 is 1.71.